The number of anilines is 1. The van der Waals surface area contributed by atoms with Gasteiger partial charge in [0.15, 0.2) is 9.84 Å². The fourth-order valence-electron chi connectivity index (χ4n) is 3.54. The van der Waals surface area contributed by atoms with Crippen molar-refractivity contribution in [3.63, 3.8) is 0 Å². The lowest BCUT2D eigenvalue weighted by molar-refractivity contribution is -0.119. The molecule has 1 heterocycles. The van der Waals surface area contributed by atoms with Crippen molar-refractivity contribution < 1.29 is 17.9 Å². The van der Waals surface area contributed by atoms with Gasteiger partial charge >= 0.3 is 0 Å². The predicted octanol–water partition coefficient (Wildman–Crippen LogP) is 3.35. The zero-order valence-corrected chi connectivity index (χ0v) is 19.1. The van der Waals surface area contributed by atoms with E-state index in [1.807, 2.05) is 74.3 Å². The van der Waals surface area contributed by atoms with E-state index in [9.17, 15) is 13.2 Å². The number of carbonyl (C=O) groups is 1. The fraction of sp³-hybridized carbons (Fsp3) is 0.375. The van der Waals surface area contributed by atoms with Crippen LogP contribution >= 0.6 is 0 Å². The van der Waals surface area contributed by atoms with Crippen LogP contribution in [0.4, 0.5) is 5.69 Å². The maximum absolute atomic E-state index is 13.2. The lowest BCUT2D eigenvalue weighted by Gasteiger charge is -2.30. The first-order valence-electron chi connectivity index (χ1n) is 10.4. The first kappa shape index (κ1) is 23.0. The van der Waals surface area contributed by atoms with Gasteiger partial charge in [0, 0.05) is 17.6 Å². The Morgan fingerprint density at radius 2 is 1.84 bits per heavy atom. The molecule has 6 nitrogen and oxygen atoms in total. The van der Waals surface area contributed by atoms with Crippen molar-refractivity contribution in [3.8, 4) is 5.75 Å². The van der Waals surface area contributed by atoms with Crippen molar-refractivity contribution in [1.82, 2.24) is 4.90 Å². The Morgan fingerprint density at radius 1 is 1.10 bits per heavy atom. The third-order valence-corrected chi connectivity index (χ3v) is 6.76. The highest BCUT2D eigenvalue weighted by Gasteiger charge is 2.31. The van der Waals surface area contributed by atoms with E-state index in [1.165, 1.54) is 5.41 Å². The van der Waals surface area contributed by atoms with Gasteiger partial charge in [-0.25, -0.2) is 8.42 Å². The molecule has 3 rings (SSSR count). The van der Waals surface area contributed by atoms with Crippen LogP contribution in [0.25, 0.3) is 0 Å². The fourth-order valence-corrected chi connectivity index (χ4v) is 4.81. The number of para-hydroxylation sites is 1. The first-order chi connectivity index (χ1) is 14.7. The maximum Gasteiger partial charge on any atom is 0.241 e. The molecule has 0 aliphatic carbocycles. The van der Waals surface area contributed by atoms with Crippen molar-refractivity contribution in [2.75, 3.05) is 37.4 Å². The molecular weight excluding hydrogens is 412 g/mol. The van der Waals surface area contributed by atoms with Crippen molar-refractivity contribution in [3.05, 3.63) is 71.1 Å². The van der Waals surface area contributed by atoms with Gasteiger partial charge in [-0.2, -0.15) is 0 Å². The highest BCUT2D eigenvalue weighted by molar-refractivity contribution is 7.94. The highest BCUT2D eigenvalue weighted by Crippen LogP contribution is 2.25. The van der Waals surface area contributed by atoms with Crippen molar-refractivity contribution in [2.45, 2.75) is 26.3 Å². The van der Waals surface area contributed by atoms with Gasteiger partial charge in [-0.05, 0) is 68.8 Å². The van der Waals surface area contributed by atoms with E-state index < -0.39 is 15.9 Å². The monoisotopic (exact) mass is 442 g/mol. The van der Waals surface area contributed by atoms with Crippen LogP contribution in [0.2, 0.25) is 0 Å². The van der Waals surface area contributed by atoms with Gasteiger partial charge in [0.1, 0.15) is 5.75 Å². The van der Waals surface area contributed by atoms with Crippen molar-refractivity contribution >= 4 is 21.4 Å². The number of amides is 1. The standard InChI is InChI=1S/C24H30N2O4S/c1-19-10-11-21(16-20(19)2)26(22-12-15-31(28,29)18-22)24(27)17-25(3)13-7-14-30-23-8-5-4-6-9-23/h4-6,8-12,15-16,22H,7,13-14,17-18H2,1-3H3/t22-/m0/s1. The summed E-state index contributed by atoms with van der Waals surface area (Å²) in [7, 11) is -1.39. The summed E-state index contributed by atoms with van der Waals surface area (Å²) >= 11 is 0. The Morgan fingerprint density at radius 3 is 2.48 bits per heavy atom. The predicted molar refractivity (Wildman–Crippen MR) is 124 cm³/mol. The summed E-state index contributed by atoms with van der Waals surface area (Å²) in [5.41, 5.74) is 2.91. The minimum Gasteiger partial charge on any atom is -0.494 e. The number of hydrogen-bond donors (Lipinski definition) is 0. The van der Waals surface area contributed by atoms with Crippen LogP contribution in [0.1, 0.15) is 17.5 Å². The van der Waals surface area contributed by atoms with E-state index in [0.29, 0.717) is 13.2 Å². The normalized spacial score (nSPS) is 17.1. The number of nitrogens with zero attached hydrogens (tertiary/aromatic N) is 2. The number of carbonyl (C=O) groups excluding carboxylic acids is 1. The van der Waals surface area contributed by atoms with Gasteiger partial charge in [-0.3, -0.25) is 9.69 Å². The molecule has 1 amide bonds. The zero-order chi connectivity index (χ0) is 22.4. The quantitative estimate of drug-likeness (QED) is 0.557. The number of rotatable bonds is 9. The van der Waals surface area contributed by atoms with Gasteiger partial charge in [0.05, 0.1) is 24.9 Å². The molecule has 0 spiro atoms. The minimum atomic E-state index is -3.28. The first-order valence-corrected chi connectivity index (χ1v) is 12.1. The molecule has 1 atom stereocenters. The summed E-state index contributed by atoms with van der Waals surface area (Å²) in [6.07, 6.45) is 2.39. The topological polar surface area (TPSA) is 66.9 Å². The Hall–Kier alpha value is -2.64. The number of likely N-dealkylation sites (N-methyl/N-ethyl adjacent to an activating group) is 1. The molecule has 0 fully saturated rings. The molecule has 1 aliphatic heterocycles. The molecule has 0 aromatic heterocycles. The van der Waals surface area contributed by atoms with Crippen molar-refractivity contribution in [1.29, 1.82) is 0 Å². The van der Waals surface area contributed by atoms with Crippen molar-refractivity contribution in [2.24, 2.45) is 0 Å². The Kier molecular flexibility index (Phi) is 7.51. The van der Waals surface area contributed by atoms with Crippen LogP contribution in [-0.4, -0.2) is 57.8 Å². The smallest absolute Gasteiger partial charge is 0.241 e. The van der Waals surface area contributed by atoms with Gasteiger partial charge in [0.2, 0.25) is 5.91 Å². The van der Waals surface area contributed by atoms with E-state index in [1.54, 1.807) is 11.0 Å². The zero-order valence-electron chi connectivity index (χ0n) is 18.3. The molecule has 0 saturated heterocycles. The molecule has 0 N–H and O–H groups in total. The van der Waals surface area contributed by atoms with Crippen LogP contribution in [0.5, 0.6) is 5.75 Å². The summed E-state index contributed by atoms with van der Waals surface area (Å²) in [5.74, 6) is 0.623. The molecule has 0 radical (unpaired) electrons. The second-order valence-electron chi connectivity index (χ2n) is 8.01. The summed E-state index contributed by atoms with van der Waals surface area (Å²) in [5, 5.41) is 1.21. The lowest BCUT2D eigenvalue weighted by atomic mass is 10.1. The molecule has 1 aliphatic rings. The summed E-state index contributed by atoms with van der Waals surface area (Å²) in [6.45, 7) is 5.45. The number of ether oxygens (including phenoxy) is 1. The minimum absolute atomic E-state index is 0.0830. The van der Waals surface area contributed by atoms with E-state index in [0.717, 1.165) is 29.0 Å². The Labute approximate surface area is 185 Å². The molecule has 2 aromatic rings. The lowest BCUT2D eigenvalue weighted by Crippen LogP contribution is -2.46. The summed E-state index contributed by atoms with van der Waals surface area (Å²) < 4.78 is 29.7. The molecule has 0 saturated carbocycles. The second kappa shape index (κ2) is 10.1. The van der Waals surface area contributed by atoms with Crippen LogP contribution in [0.15, 0.2) is 60.0 Å². The summed E-state index contributed by atoms with van der Waals surface area (Å²) in [6, 6.07) is 14.9. The van der Waals surface area contributed by atoms with Crippen LogP contribution < -0.4 is 9.64 Å². The number of aryl methyl sites for hydroxylation is 2. The number of hydrogen-bond acceptors (Lipinski definition) is 5. The van der Waals surface area contributed by atoms with E-state index in [2.05, 4.69) is 0 Å². The number of benzene rings is 2. The van der Waals surface area contributed by atoms with Gasteiger partial charge in [0.25, 0.3) is 0 Å². The van der Waals surface area contributed by atoms with E-state index >= 15 is 0 Å². The molecule has 0 bridgehead atoms. The van der Waals surface area contributed by atoms with E-state index in [4.69, 9.17) is 4.74 Å². The molecular formula is C24H30N2O4S. The third-order valence-electron chi connectivity index (χ3n) is 5.38. The largest absolute Gasteiger partial charge is 0.494 e. The van der Waals surface area contributed by atoms with Crippen LogP contribution in [-0.2, 0) is 14.6 Å². The second-order valence-corrected chi connectivity index (χ2v) is 9.94. The molecule has 2 aromatic carbocycles. The van der Waals surface area contributed by atoms with Crippen LogP contribution in [0, 0.1) is 13.8 Å². The Balaban J connectivity index is 1.62. The molecule has 7 heteroatoms. The molecule has 166 valence electrons. The number of sulfone groups is 1. The highest BCUT2D eigenvalue weighted by atomic mass is 32.2. The maximum atomic E-state index is 13.2. The molecule has 31 heavy (non-hydrogen) atoms. The average Bonchev–Trinajstić information content (AvgIpc) is 3.08. The summed E-state index contributed by atoms with van der Waals surface area (Å²) in [4.78, 5) is 16.8. The van der Waals surface area contributed by atoms with Gasteiger partial charge in [-0.15, -0.1) is 0 Å². The molecule has 0 unspecified atom stereocenters. The third kappa shape index (κ3) is 6.42. The van der Waals surface area contributed by atoms with Gasteiger partial charge < -0.3 is 9.64 Å². The van der Waals surface area contributed by atoms with E-state index in [-0.39, 0.29) is 18.2 Å². The SMILES string of the molecule is Cc1ccc(N(C(=O)CN(C)CCCOc2ccccc2)[C@H]2C=CS(=O)(=O)C2)cc1C. The average molecular weight is 443 g/mol. The Bertz CT molecular complexity index is 1030. The van der Waals surface area contributed by atoms with Gasteiger partial charge in [-0.1, -0.05) is 24.3 Å². The van der Waals surface area contributed by atoms with Crippen LogP contribution in [0.3, 0.4) is 0 Å².